The van der Waals surface area contributed by atoms with Gasteiger partial charge in [-0.3, -0.25) is 10.1 Å². The molecular formula is C11H17N3O4S. The van der Waals surface area contributed by atoms with E-state index in [2.05, 4.69) is 0 Å². The van der Waals surface area contributed by atoms with Crippen molar-refractivity contribution in [3.8, 4) is 0 Å². The fourth-order valence-electron chi connectivity index (χ4n) is 1.79. The molecule has 19 heavy (non-hydrogen) atoms. The molecule has 0 spiro atoms. The van der Waals surface area contributed by atoms with E-state index in [0.29, 0.717) is 0 Å². The van der Waals surface area contributed by atoms with E-state index >= 15 is 0 Å². The number of nitro groups is 1. The van der Waals surface area contributed by atoms with Crippen molar-refractivity contribution >= 4 is 21.4 Å². The van der Waals surface area contributed by atoms with E-state index in [1.54, 1.807) is 20.8 Å². The fraction of sp³-hybridized carbons (Fsp3) is 0.455. The number of nitrogens with zero attached hydrogens (tertiary/aromatic N) is 2. The van der Waals surface area contributed by atoms with Crippen molar-refractivity contribution in [1.29, 1.82) is 0 Å². The highest BCUT2D eigenvalue weighted by Crippen LogP contribution is 2.27. The Labute approximate surface area is 112 Å². The van der Waals surface area contributed by atoms with Gasteiger partial charge in [0.05, 0.1) is 9.82 Å². The number of benzene rings is 1. The Balaban J connectivity index is 3.37. The largest absolute Gasteiger partial charge is 0.393 e. The first-order chi connectivity index (χ1) is 8.71. The average molecular weight is 287 g/mol. The third-order valence-corrected chi connectivity index (χ3v) is 4.84. The highest BCUT2D eigenvalue weighted by Gasteiger charge is 2.27. The lowest BCUT2D eigenvalue weighted by atomic mass is 10.3. The smallest absolute Gasteiger partial charge is 0.293 e. The van der Waals surface area contributed by atoms with Gasteiger partial charge in [0.1, 0.15) is 5.69 Å². The molecule has 0 aliphatic carbocycles. The number of rotatable bonds is 5. The molecule has 106 valence electrons. The van der Waals surface area contributed by atoms with Crippen LogP contribution in [0.3, 0.4) is 0 Å². The normalized spacial score (nSPS) is 12.1. The number of nitro benzene ring substituents is 1. The van der Waals surface area contributed by atoms with E-state index in [4.69, 9.17) is 5.73 Å². The Morgan fingerprint density at radius 1 is 1.42 bits per heavy atom. The van der Waals surface area contributed by atoms with Crippen molar-refractivity contribution in [2.24, 2.45) is 0 Å². The maximum absolute atomic E-state index is 12.4. The van der Waals surface area contributed by atoms with E-state index in [1.807, 2.05) is 0 Å². The molecular weight excluding hydrogens is 270 g/mol. The topological polar surface area (TPSA) is 107 Å². The number of hydrogen-bond acceptors (Lipinski definition) is 5. The molecule has 0 amide bonds. The Kier molecular flexibility index (Phi) is 4.48. The van der Waals surface area contributed by atoms with Gasteiger partial charge in [-0.2, -0.15) is 4.31 Å². The van der Waals surface area contributed by atoms with Crippen molar-refractivity contribution in [3.05, 3.63) is 28.3 Å². The SMILES string of the molecule is CCN(C(C)C)S(=O)(=O)c1ccc(N)c([N+](=O)[O-])c1. The molecule has 0 saturated heterocycles. The van der Waals surface area contributed by atoms with Gasteiger partial charge in [-0.05, 0) is 26.0 Å². The lowest BCUT2D eigenvalue weighted by Crippen LogP contribution is -2.36. The standard InChI is InChI=1S/C11H17N3O4S/c1-4-13(8(2)3)19(17,18)9-5-6-10(12)11(7-9)14(15)16/h5-8H,4,12H2,1-3H3. The van der Waals surface area contributed by atoms with Crippen molar-refractivity contribution in [2.45, 2.75) is 31.7 Å². The number of sulfonamides is 1. The predicted octanol–water partition coefficient (Wildman–Crippen LogP) is 1.60. The third-order valence-electron chi connectivity index (χ3n) is 2.69. The maximum Gasteiger partial charge on any atom is 0.293 e. The van der Waals surface area contributed by atoms with Crippen molar-refractivity contribution in [3.63, 3.8) is 0 Å². The summed E-state index contributed by atoms with van der Waals surface area (Å²) in [6.07, 6.45) is 0. The number of hydrogen-bond donors (Lipinski definition) is 1. The second kappa shape index (κ2) is 5.54. The van der Waals surface area contributed by atoms with Gasteiger partial charge >= 0.3 is 0 Å². The van der Waals surface area contributed by atoms with Gasteiger partial charge < -0.3 is 5.73 Å². The van der Waals surface area contributed by atoms with Crippen molar-refractivity contribution in [2.75, 3.05) is 12.3 Å². The van der Waals surface area contributed by atoms with E-state index in [0.717, 1.165) is 6.07 Å². The quantitative estimate of drug-likeness (QED) is 0.503. The highest BCUT2D eigenvalue weighted by atomic mass is 32.2. The molecule has 1 aromatic rings. The van der Waals surface area contributed by atoms with Crippen molar-refractivity contribution < 1.29 is 13.3 Å². The zero-order valence-electron chi connectivity index (χ0n) is 11.0. The molecule has 0 aromatic heterocycles. The molecule has 0 heterocycles. The summed E-state index contributed by atoms with van der Waals surface area (Å²) in [6, 6.07) is 3.28. The zero-order chi connectivity index (χ0) is 14.8. The molecule has 1 rings (SSSR count). The molecule has 0 unspecified atom stereocenters. The summed E-state index contributed by atoms with van der Waals surface area (Å²) in [6.45, 7) is 5.49. The molecule has 0 fully saturated rings. The number of anilines is 1. The molecule has 0 atom stereocenters. The molecule has 1 aromatic carbocycles. The minimum absolute atomic E-state index is 0.0588. The molecule has 0 bridgehead atoms. The van der Waals surface area contributed by atoms with Crippen LogP contribution in [0.15, 0.2) is 23.1 Å². The van der Waals surface area contributed by atoms with Gasteiger partial charge in [-0.25, -0.2) is 8.42 Å². The van der Waals surface area contributed by atoms with E-state index < -0.39 is 20.6 Å². The van der Waals surface area contributed by atoms with Crippen LogP contribution >= 0.6 is 0 Å². The number of nitrogen functional groups attached to an aromatic ring is 1. The minimum Gasteiger partial charge on any atom is -0.393 e. The monoisotopic (exact) mass is 287 g/mol. The minimum atomic E-state index is -3.75. The summed E-state index contributed by atoms with van der Waals surface area (Å²) >= 11 is 0. The Hall–Kier alpha value is -1.67. The molecule has 7 nitrogen and oxygen atoms in total. The Bertz CT molecular complexity index is 584. The summed E-state index contributed by atoms with van der Waals surface area (Å²) < 4.78 is 26.0. The predicted molar refractivity (Wildman–Crippen MR) is 72.2 cm³/mol. The second-order valence-electron chi connectivity index (χ2n) is 4.28. The van der Waals surface area contributed by atoms with Gasteiger partial charge in [0.25, 0.3) is 5.69 Å². The molecule has 0 radical (unpaired) electrons. The summed E-state index contributed by atoms with van der Waals surface area (Å²) in [5.74, 6) is 0. The Morgan fingerprint density at radius 3 is 2.42 bits per heavy atom. The molecule has 0 aliphatic heterocycles. The first-order valence-corrected chi connectivity index (χ1v) is 7.21. The molecule has 0 saturated carbocycles. The van der Waals surface area contributed by atoms with Crippen LogP contribution in [-0.2, 0) is 10.0 Å². The lowest BCUT2D eigenvalue weighted by molar-refractivity contribution is -0.384. The Morgan fingerprint density at radius 2 is 2.00 bits per heavy atom. The van der Waals surface area contributed by atoms with Gasteiger partial charge in [-0.1, -0.05) is 6.92 Å². The molecule has 0 aliphatic rings. The van der Waals surface area contributed by atoms with Crippen LogP contribution in [0.5, 0.6) is 0 Å². The fourth-order valence-corrected chi connectivity index (χ4v) is 3.46. The maximum atomic E-state index is 12.4. The summed E-state index contributed by atoms with van der Waals surface area (Å²) in [5, 5.41) is 10.8. The van der Waals surface area contributed by atoms with Crippen LogP contribution in [0.1, 0.15) is 20.8 Å². The summed E-state index contributed by atoms with van der Waals surface area (Å²) in [5.41, 5.74) is 4.99. The van der Waals surface area contributed by atoms with Gasteiger partial charge in [-0.15, -0.1) is 0 Å². The van der Waals surface area contributed by atoms with Gasteiger partial charge in [0.15, 0.2) is 0 Å². The third kappa shape index (κ3) is 3.02. The van der Waals surface area contributed by atoms with E-state index in [-0.39, 0.29) is 23.2 Å². The van der Waals surface area contributed by atoms with Gasteiger partial charge in [0.2, 0.25) is 10.0 Å². The first-order valence-electron chi connectivity index (χ1n) is 5.77. The second-order valence-corrected chi connectivity index (χ2v) is 6.17. The zero-order valence-corrected chi connectivity index (χ0v) is 11.8. The summed E-state index contributed by atoms with van der Waals surface area (Å²) in [4.78, 5) is 9.98. The van der Waals surface area contributed by atoms with Gasteiger partial charge in [0, 0.05) is 18.7 Å². The lowest BCUT2D eigenvalue weighted by Gasteiger charge is -2.24. The van der Waals surface area contributed by atoms with Crippen molar-refractivity contribution in [1.82, 2.24) is 4.31 Å². The molecule has 2 N–H and O–H groups in total. The average Bonchev–Trinajstić information content (AvgIpc) is 2.28. The van der Waals surface area contributed by atoms with Crippen LogP contribution in [0, 0.1) is 10.1 Å². The van der Waals surface area contributed by atoms with E-state index in [1.165, 1.54) is 16.4 Å². The highest BCUT2D eigenvalue weighted by molar-refractivity contribution is 7.89. The number of nitrogens with two attached hydrogens (primary N) is 1. The first kappa shape index (κ1) is 15.4. The van der Waals surface area contributed by atoms with E-state index in [9.17, 15) is 18.5 Å². The van der Waals surface area contributed by atoms with Crippen LogP contribution in [0.4, 0.5) is 11.4 Å². The van der Waals surface area contributed by atoms with Crippen LogP contribution in [0.25, 0.3) is 0 Å². The van der Waals surface area contributed by atoms with Crippen LogP contribution in [0.2, 0.25) is 0 Å². The van der Waals surface area contributed by atoms with Crippen LogP contribution < -0.4 is 5.73 Å². The van der Waals surface area contributed by atoms with Crippen LogP contribution in [-0.4, -0.2) is 30.2 Å². The summed E-state index contributed by atoms with van der Waals surface area (Å²) in [7, 11) is -3.75. The molecule has 8 heteroatoms.